The molecule has 5 nitrogen and oxygen atoms in total. The van der Waals surface area contributed by atoms with Crippen molar-refractivity contribution in [2.24, 2.45) is 0 Å². The maximum atomic E-state index is 10.8. The summed E-state index contributed by atoms with van der Waals surface area (Å²) in [5, 5.41) is 17.6. The summed E-state index contributed by atoms with van der Waals surface area (Å²) in [4.78, 5) is 10.8. The first-order chi connectivity index (χ1) is 7.22. The molecule has 5 heteroatoms. The van der Waals surface area contributed by atoms with E-state index in [1.165, 1.54) is 12.1 Å². The Morgan fingerprint density at radius 3 is 2.47 bits per heavy atom. The lowest BCUT2D eigenvalue weighted by Crippen LogP contribution is -2.16. The average Bonchev–Trinajstić information content (AvgIpc) is 2.27. The number of fused-ring (bicyclic) bond motifs is 1. The highest BCUT2D eigenvalue weighted by Crippen LogP contribution is 2.32. The van der Waals surface area contributed by atoms with Crippen LogP contribution < -0.4 is 9.47 Å². The maximum Gasteiger partial charge on any atom is 0.337 e. The monoisotopic (exact) mass is 205 g/mol. The smallest absolute Gasteiger partial charge is 0.337 e. The lowest BCUT2D eigenvalue weighted by Gasteiger charge is -2.18. The molecule has 0 saturated heterocycles. The number of carboxylic acid groups (broad SMARTS) is 1. The molecule has 0 aliphatic carbocycles. The van der Waals surface area contributed by atoms with Gasteiger partial charge in [0.15, 0.2) is 11.5 Å². The molecule has 76 valence electrons. The summed E-state index contributed by atoms with van der Waals surface area (Å²) in [5.41, 5.74) is 0.00787. The molecular weight excluding hydrogens is 198 g/mol. The third kappa shape index (κ3) is 1.57. The number of carbonyl (C=O) groups is 1. The van der Waals surface area contributed by atoms with Crippen LogP contribution in [0.1, 0.15) is 15.9 Å². The van der Waals surface area contributed by atoms with E-state index in [2.05, 4.69) is 0 Å². The number of benzene rings is 1. The Bertz CT molecular complexity index is 461. The first kappa shape index (κ1) is 9.34. The Hall–Kier alpha value is -2.22. The summed E-state index contributed by atoms with van der Waals surface area (Å²) >= 11 is 0. The second-order valence-corrected chi connectivity index (χ2v) is 2.96. The van der Waals surface area contributed by atoms with Crippen LogP contribution in [-0.2, 0) is 0 Å². The van der Waals surface area contributed by atoms with Crippen LogP contribution in [0, 0.1) is 11.3 Å². The molecule has 0 radical (unpaired) electrons. The Morgan fingerprint density at radius 2 is 1.93 bits per heavy atom. The minimum atomic E-state index is -1.15. The summed E-state index contributed by atoms with van der Waals surface area (Å²) in [6.45, 7) is 0.794. The summed E-state index contributed by atoms with van der Waals surface area (Å²) in [7, 11) is 0. The molecular formula is C10H7NO4. The zero-order valence-corrected chi connectivity index (χ0v) is 7.69. The third-order valence-electron chi connectivity index (χ3n) is 2.03. The van der Waals surface area contributed by atoms with E-state index in [0.717, 1.165) is 0 Å². The van der Waals surface area contributed by atoms with Crippen molar-refractivity contribution in [2.75, 3.05) is 13.2 Å². The Balaban J connectivity index is 2.57. The van der Waals surface area contributed by atoms with Gasteiger partial charge in [0.05, 0.1) is 11.1 Å². The van der Waals surface area contributed by atoms with Crippen molar-refractivity contribution in [1.29, 1.82) is 5.26 Å². The Morgan fingerprint density at radius 1 is 1.33 bits per heavy atom. The fourth-order valence-corrected chi connectivity index (χ4v) is 1.36. The highest BCUT2D eigenvalue weighted by Gasteiger charge is 2.18. The van der Waals surface area contributed by atoms with E-state index in [4.69, 9.17) is 19.8 Å². The quantitative estimate of drug-likeness (QED) is 0.740. The molecule has 0 atom stereocenters. The number of ether oxygens (including phenoxy) is 2. The van der Waals surface area contributed by atoms with Crippen molar-refractivity contribution in [3.8, 4) is 17.6 Å². The van der Waals surface area contributed by atoms with Crippen molar-refractivity contribution < 1.29 is 19.4 Å². The molecule has 0 spiro atoms. The number of aromatic carboxylic acids is 1. The summed E-state index contributed by atoms with van der Waals surface area (Å²) in [6, 6.07) is 4.51. The van der Waals surface area contributed by atoms with Gasteiger partial charge in [-0.15, -0.1) is 0 Å². The molecule has 1 aromatic rings. The van der Waals surface area contributed by atoms with Crippen molar-refractivity contribution >= 4 is 5.97 Å². The van der Waals surface area contributed by atoms with Crippen LogP contribution >= 0.6 is 0 Å². The summed E-state index contributed by atoms with van der Waals surface area (Å²) in [5.74, 6) is -0.357. The van der Waals surface area contributed by atoms with E-state index in [-0.39, 0.29) is 11.1 Å². The van der Waals surface area contributed by atoms with Crippen molar-refractivity contribution in [3.05, 3.63) is 23.3 Å². The highest BCUT2D eigenvalue weighted by atomic mass is 16.6. The fraction of sp³-hybridized carbons (Fsp3) is 0.200. The summed E-state index contributed by atoms with van der Waals surface area (Å²) < 4.78 is 10.4. The van der Waals surface area contributed by atoms with Crippen LogP contribution in [0.2, 0.25) is 0 Å². The Labute approximate surface area is 85.5 Å². The van der Waals surface area contributed by atoms with Crippen LogP contribution in [0.25, 0.3) is 0 Å². The van der Waals surface area contributed by atoms with E-state index >= 15 is 0 Å². The second-order valence-electron chi connectivity index (χ2n) is 2.96. The predicted molar refractivity (Wildman–Crippen MR) is 49.1 cm³/mol. The van der Waals surface area contributed by atoms with E-state index in [9.17, 15) is 4.79 Å². The van der Waals surface area contributed by atoms with Gasteiger partial charge in [-0.1, -0.05) is 0 Å². The molecule has 0 fully saturated rings. The first-order valence-electron chi connectivity index (χ1n) is 4.29. The van der Waals surface area contributed by atoms with Crippen molar-refractivity contribution in [1.82, 2.24) is 0 Å². The normalized spacial score (nSPS) is 13.0. The van der Waals surface area contributed by atoms with E-state index in [0.29, 0.717) is 24.7 Å². The van der Waals surface area contributed by atoms with Gasteiger partial charge in [0.2, 0.25) is 0 Å². The number of hydrogen-bond acceptors (Lipinski definition) is 4. The molecule has 2 rings (SSSR count). The number of hydrogen-bond donors (Lipinski definition) is 1. The van der Waals surface area contributed by atoms with E-state index < -0.39 is 5.97 Å². The zero-order chi connectivity index (χ0) is 10.8. The van der Waals surface area contributed by atoms with Gasteiger partial charge in [-0.25, -0.2) is 4.79 Å². The topological polar surface area (TPSA) is 79.6 Å². The van der Waals surface area contributed by atoms with Crippen LogP contribution in [0.3, 0.4) is 0 Å². The molecule has 0 amide bonds. The minimum Gasteiger partial charge on any atom is -0.486 e. The zero-order valence-electron chi connectivity index (χ0n) is 7.69. The lowest BCUT2D eigenvalue weighted by atomic mass is 10.1. The van der Waals surface area contributed by atoms with Gasteiger partial charge in [0.25, 0.3) is 0 Å². The molecule has 15 heavy (non-hydrogen) atoms. The SMILES string of the molecule is N#Cc1cc2c(cc1C(=O)O)OCCO2. The van der Waals surface area contributed by atoms with Crippen LogP contribution in [-0.4, -0.2) is 24.3 Å². The molecule has 0 saturated carbocycles. The first-order valence-corrected chi connectivity index (χ1v) is 4.29. The predicted octanol–water partition coefficient (Wildman–Crippen LogP) is 1.03. The van der Waals surface area contributed by atoms with Gasteiger partial charge in [-0.2, -0.15) is 5.26 Å². The molecule has 1 N–H and O–H groups in total. The minimum absolute atomic E-state index is 0.0678. The second kappa shape index (κ2) is 3.50. The van der Waals surface area contributed by atoms with E-state index in [1.807, 2.05) is 6.07 Å². The average molecular weight is 205 g/mol. The summed E-state index contributed by atoms with van der Waals surface area (Å²) in [6.07, 6.45) is 0. The van der Waals surface area contributed by atoms with Gasteiger partial charge in [0.1, 0.15) is 19.3 Å². The molecule has 0 aromatic heterocycles. The number of nitriles is 1. The standard InChI is InChI=1S/C10H7NO4/c11-5-6-3-8-9(15-2-1-14-8)4-7(6)10(12)13/h3-4H,1-2H2,(H,12,13). The molecule has 1 aromatic carbocycles. The number of carboxylic acids is 1. The van der Waals surface area contributed by atoms with Gasteiger partial charge >= 0.3 is 5.97 Å². The highest BCUT2D eigenvalue weighted by molar-refractivity contribution is 5.91. The number of rotatable bonds is 1. The third-order valence-corrected chi connectivity index (χ3v) is 2.03. The van der Waals surface area contributed by atoms with Gasteiger partial charge < -0.3 is 14.6 Å². The number of nitrogens with zero attached hydrogens (tertiary/aromatic N) is 1. The van der Waals surface area contributed by atoms with Crippen molar-refractivity contribution in [2.45, 2.75) is 0 Å². The largest absolute Gasteiger partial charge is 0.486 e. The lowest BCUT2D eigenvalue weighted by molar-refractivity contribution is 0.0695. The van der Waals surface area contributed by atoms with Crippen LogP contribution in [0.5, 0.6) is 11.5 Å². The van der Waals surface area contributed by atoms with Crippen LogP contribution in [0.15, 0.2) is 12.1 Å². The van der Waals surface area contributed by atoms with E-state index in [1.54, 1.807) is 0 Å². The molecule has 1 heterocycles. The maximum absolute atomic E-state index is 10.8. The fourth-order valence-electron chi connectivity index (χ4n) is 1.36. The van der Waals surface area contributed by atoms with Gasteiger partial charge in [0, 0.05) is 6.07 Å². The van der Waals surface area contributed by atoms with Crippen LogP contribution in [0.4, 0.5) is 0 Å². The molecule has 0 unspecified atom stereocenters. The molecule has 1 aliphatic rings. The van der Waals surface area contributed by atoms with Gasteiger partial charge in [-0.3, -0.25) is 0 Å². The molecule has 1 aliphatic heterocycles. The molecule has 0 bridgehead atoms. The van der Waals surface area contributed by atoms with Gasteiger partial charge in [-0.05, 0) is 6.07 Å². The van der Waals surface area contributed by atoms with Crippen molar-refractivity contribution in [3.63, 3.8) is 0 Å². The Kier molecular flexibility index (Phi) is 2.18.